The highest BCUT2D eigenvalue weighted by molar-refractivity contribution is 9.09. The molecule has 1 atom stereocenters. The summed E-state index contributed by atoms with van der Waals surface area (Å²) in [6.45, 7) is 3.88. The second-order valence-electron chi connectivity index (χ2n) is 3.94. The summed E-state index contributed by atoms with van der Waals surface area (Å²) in [7, 11) is 0. The Labute approximate surface area is 106 Å². The molecule has 2 nitrogen and oxygen atoms in total. The molecule has 0 aliphatic rings. The van der Waals surface area contributed by atoms with Crippen molar-refractivity contribution in [3.8, 4) is 0 Å². The van der Waals surface area contributed by atoms with Gasteiger partial charge in [-0.25, -0.2) is 0 Å². The Hall–Kier alpha value is -0.540. The van der Waals surface area contributed by atoms with Crippen molar-refractivity contribution in [2.24, 2.45) is 0 Å². The molecule has 0 aliphatic heterocycles. The number of rotatable bonds is 7. The van der Waals surface area contributed by atoms with Gasteiger partial charge in [0.15, 0.2) is 0 Å². The van der Waals surface area contributed by atoms with E-state index in [0.717, 1.165) is 13.0 Å². The van der Waals surface area contributed by atoms with E-state index in [1.54, 1.807) is 0 Å². The lowest BCUT2D eigenvalue weighted by Gasteiger charge is -2.26. The van der Waals surface area contributed by atoms with E-state index in [-0.39, 0.29) is 6.10 Å². The van der Waals surface area contributed by atoms with Crippen LogP contribution in [0, 0.1) is 0 Å². The molecular formula is C13H20BrNO. The van der Waals surface area contributed by atoms with Crippen LogP contribution in [0.2, 0.25) is 0 Å². The van der Waals surface area contributed by atoms with Gasteiger partial charge >= 0.3 is 0 Å². The standard InChI is InChI=1S/C13H20BrNO/c1-2-3-9-15(11-13(16)10-14)12-7-5-4-6-8-12/h4-8,13,16H,2-3,9-11H2,1H3. The molecule has 0 fully saturated rings. The predicted octanol–water partition coefficient (Wildman–Crippen LogP) is 3.05. The normalized spacial score (nSPS) is 12.4. The quantitative estimate of drug-likeness (QED) is 0.779. The number of hydrogen-bond donors (Lipinski definition) is 1. The van der Waals surface area contributed by atoms with Gasteiger partial charge in [0.05, 0.1) is 6.10 Å². The van der Waals surface area contributed by atoms with Crippen LogP contribution in [-0.2, 0) is 0 Å². The fourth-order valence-electron chi connectivity index (χ4n) is 1.62. The summed E-state index contributed by atoms with van der Waals surface area (Å²) >= 11 is 3.31. The molecule has 1 N–H and O–H groups in total. The highest BCUT2D eigenvalue weighted by Gasteiger charge is 2.10. The van der Waals surface area contributed by atoms with Crippen molar-refractivity contribution < 1.29 is 5.11 Å². The number of aliphatic hydroxyl groups is 1. The molecule has 0 aromatic heterocycles. The van der Waals surface area contributed by atoms with E-state index in [0.29, 0.717) is 11.9 Å². The number of unbranched alkanes of at least 4 members (excludes halogenated alkanes) is 1. The minimum absolute atomic E-state index is 0.308. The summed E-state index contributed by atoms with van der Waals surface area (Å²) in [5, 5.41) is 10.3. The third-order valence-corrected chi connectivity index (χ3v) is 3.26. The van der Waals surface area contributed by atoms with Gasteiger partial charge in [-0.15, -0.1) is 0 Å². The van der Waals surface area contributed by atoms with Gasteiger partial charge in [0.25, 0.3) is 0 Å². The molecule has 0 radical (unpaired) electrons. The third kappa shape index (κ3) is 4.54. The number of alkyl halides is 1. The molecule has 1 rings (SSSR count). The first kappa shape index (κ1) is 13.5. The number of hydrogen-bond acceptors (Lipinski definition) is 2. The largest absolute Gasteiger partial charge is 0.390 e. The highest BCUT2D eigenvalue weighted by atomic mass is 79.9. The zero-order chi connectivity index (χ0) is 11.8. The predicted molar refractivity (Wildman–Crippen MR) is 73.4 cm³/mol. The summed E-state index contributed by atoms with van der Waals surface area (Å²) in [6, 6.07) is 10.3. The van der Waals surface area contributed by atoms with Gasteiger partial charge in [0, 0.05) is 24.1 Å². The molecule has 1 aromatic rings. The van der Waals surface area contributed by atoms with Crippen molar-refractivity contribution >= 4 is 21.6 Å². The van der Waals surface area contributed by atoms with Crippen LogP contribution >= 0.6 is 15.9 Å². The number of aliphatic hydroxyl groups excluding tert-OH is 1. The molecule has 0 amide bonds. The summed E-state index contributed by atoms with van der Waals surface area (Å²) in [5.41, 5.74) is 1.19. The second-order valence-corrected chi connectivity index (χ2v) is 4.59. The lowest BCUT2D eigenvalue weighted by Crippen LogP contribution is -2.34. The fourth-order valence-corrected chi connectivity index (χ4v) is 1.82. The Kier molecular flexibility index (Phi) is 6.50. The minimum atomic E-state index is -0.308. The Morgan fingerprint density at radius 3 is 2.56 bits per heavy atom. The molecular weight excluding hydrogens is 266 g/mol. The van der Waals surface area contributed by atoms with Crippen LogP contribution < -0.4 is 4.90 Å². The van der Waals surface area contributed by atoms with E-state index >= 15 is 0 Å². The molecule has 1 aromatic carbocycles. The van der Waals surface area contributed by atoms with Gasteiger partial charge in [0.1, 0.15) is 0 Å². The Morgan fingerprint density at radius 2 is 2.00 bits per heavy atom. The number of benzene rings is 1. The fraction of sp³-hybridized carbons (Fsp3) is 0.538. The van der Waals surface area contributed by atoms with Crippen molar-refractivity contribution in [1.29, 1.82) is 0 Å². The molecule has 16 heavy (non-hydrogen) atoms. The third-order valence-electron chi connectivity index (χ3n) is 2.51. The van der Waals surface area contributed by atoms with Gasteiger partial charge in [-0.1, -0.05) is 47.5 Å². The molecule has 0 bridgehead atoms. The summed E-state index contributed by atoms with van der Waals surface area (Å²) < 4.78 is 0. The maximum atomic E-state index is 9.70. The van der Waals surface area contributed by atoms with Gasteiger partial charge < -0.3 is 10.0 Å². The summed E-state index contributed by atoms with van der Waals surface area (Å²) in [5.74, 6) is 0. The van der Waals surface area contributed by atoms with Crippen LogP contribution in [0.3, 0.4) is 0 Å². The van der Waals surface area contributed by atoms with Crippen molar-refractivity contribution in [3.63, 3.8) is 0 Å². The number of anilines is 1. The molecule has 0 aliphatic carbocycles. The molecule has 90 valence electrons. The Balaban J connectivity index is 2.63. The Morgan fingerprint density at radius 1 is 1.31 bits per heavy atom. The first-order valence-electron chi connectivity index (χ1n) is 5.82. The van der Waals surface area contributed by atoms with Crippen LogP contribution in [0.1, 0.15) is 19.8 Å². The van der Waals surface area contributed by atoms with E-state index in [2.05, 4.69) is 39.9 Å². The highest BCUT2D eigenvalue weighted by Crippen LogP contribution is 2.14. The SMILES string of the molecule is CCCCN(CC(O)CBr)c1ccccc1. The van der Waals surface area contributed by atoms with Gasteiger partial charge in [-0.3, -0.25) is 0 Å². The van der Waals surface area contributed by atoms with Crippen LogP contribution in [0.4, 0.5) is 5.69 Å². The maximum absolute atomic E-state index is 9.70. The number of para-hydroxylation sites is 1. The topological polar surface area (TPSA) is 23.5 Å². The molecule has 0 spiro atoms. The number of halogens is 1. The summed E-state index contributed by atoms with van der Waals surface area (Å²) in [4.78, 5) is 2.25. The maximum Gasteiger partial charge on any atom is 0.0811 e. The van der Waals surface area contributed by atoms with Gasteiger partial charge in [-0.2, -0.15) is 0 Å². The molecule has 3 heteroatoms. The van der Waals surface area contributed by atoms with Crippen LogP contribution in [0.5, 0.6) is 0 Å². The van der Waals surface area contributed by atoms with E-state index < -0.39 is 0 Å². The average molecular weight is 286 g/mol. The lowest BCUT2D eigenvalue weighted by atomic mass is 10.2. The van der Waals surface area contributed by atoms with E-state index in [4.69, 9.17) is 0 Å². The van der Waals surface area contributed by atoms with E-state index in [1.807, 2.05) is 18.2 Å². The minimum Gasteiger partial charge on any atom is -0.390 e. The zero-order valence-corrected chi connectivity index (χ0v) is 11.4. The van der Waals surface area contributed by atoms with Gasteiger partial charge in [0.2, 0.25) is 0 Å². The zero-order valence-electron chi connectivity index (χ0n) is 9.77. The Bertz CT molecular complexity index is 279. The lowest BCUT2D eigenvalue weighted by molar-refractivity contribution is 0.205. The van der Waals surface area contributed by atoms with Crippen molar-refractivity contribution in [2.45, 2.75) is 25.9 Å². The first-order valence-corrected chi connectivity index (χ1v) is 6.94. The van der Waals surface area contributed by atoms with Crippen molar-refractivity contribution in [1.82, 2.24) is 0 Å². The first-order chi connectivity index (χ1) is 7.77. The molecule has 1 unspecified atom stereocenters. The molecule has 0 saturated carbocycles. The van der Waals surface area contributed by atoms with Crippen LogP contribution in [-0.4, -0.2) is 29.6 Å². The van der Waals surface area contributed by atoms with Crippen LogP contribution in [0.25, 0.3) is 0 Å². The van der Waals surface area contributed by atoms with Crippen LogP contribution in [0.15, 0.2) is 30.3 Å². The second kappa shape index (κ2) is 7.69. The monoisotopic (exact) mass is 285 g/mol. The number of nitrogens with zero attached hydrogens (tertiary/aromatic N) is 1. The van der Waals surface area contributed by atoms with Crippen molar-refractivity contribution in [2.75, 3.05) is 23.3 Å². The van der Waals surface area contributed by atoms with E-state index in [9.17, 15) is 5.11 Å². The van der Waals surface area contributed by atoms with Crippen molar-refractivity contribution in [3.05, 3.63) is 30.3 Å². The molecule has 0 heterocycles. The average Bonchev–Trinajstić information content (AvgIpc) is 2.35. The smallest absolute Gasteiger partial charge is 0.0811 e. The summed E-state index contributed by atoms with van der Waals surface area (Å²) in [6.07, 6.45) is 2.02. The van der Waals surface area contributed by atoms with Gasteiger partial charge in [-0.05, 0) is 18.6 Å². The van der Waals surface area contributed by atoms with E-state index in [1.165, 1.54) is 12.1 Å². The molecule has 0 saturated heterocycles.